The third-order valence-electron chi connectivity index (χ3n) is 3.12. The standard InChI is InChI=1S/C12H11FO2/c13-9-2-3-10-8(6-9)7-11(15-10)12(14)4-1-5-12/h2-3,6-7,14H,1,4-5H2. The molecule has 0 aliphatic heterocycles. The van der Waals surface area contributed by atoms with Gasteiger partial charge in [-0.2, -0.15) is 0 Å². The Morgan fingerprint density at radius 2 is 2.07 bits per heavy atom. The molecule has 0 saturated heterocycles. The van der Waals surface area contributed by atoms with Crippen LogP contribution in [-0.4, -0.2) is 5.11 Å². The second kappa shape index (κ2) is 2.83. The lowest BCUT2D eigenvalue weighted by Crippen LogP contribution is -2.32. The zero-order chi connectivity index (χ0) is 10.5. The summed E-state index contributed by atoms with van der Waals surface area (Å²) in [6.45, 7) is 0. The summed E-state index contributed by atoms with van der Waals surface area (Å²) in [5.41, 5.74) is -0.179. The molecule has 78 valence electrons. The van der Waals surface area contributed by atoms with Crippen molar-refractivity contribution in [2.75, 3.05) is 0 Å². The first-order valence-electron chi connectivity index (χ1n) is 5.09. The van der Waals surface area contributed by atoms with Crippen molar-refractivity contribution < 1.29 is 13.9 Å². The summed E-state index contributed by atoms with van der Waals surface area (Å²) >= 11 is 0. The van der Waals surface area contributed by atoms with Gasteiger partial charge in [0.1, 0.15) is 22.8 Å². The Balaban J connectivity index is 2.14. The van der Waals surface area contributed by atoms with Gasteiger partial charge in [0.25, 0.3) is 0 Å². The van der Waals surface area contributed by atoms with Gasteiger partial charge in [-0.05, 0) is 43.5 Å². The van der Waals surface area contributed by atoms with Crippen LogP contribution in [0.5, 0.6) is 0 Å². The number of rotatable bonds is 1. The van der Waals surface area contributed by atoms with Gasteiger partial charge in [-0.1, -0.05) is 0 Å². The lowest BCUT2D eigenvalue weighted by Gasteiger charge is -2.34. The molecule has 3 heteroatoms. The zero-order valence-electron chi connectivity index (χ0n) is 8.16. The summed E-state index contributed by atoms with van der Waals surface area (Å²) in [6.07, 6.45) is 2.48. The minimum Gasteiger partial charge on any atom is -0.458 e. The Kier molecular flexibility index (Phi) is 1.68. The molecule has 0 bridgehead atoms. The van der Waals surface area contributed by atoms with Crippen molar-refractivity contribution in [3.05, 3.63) is 35.8 Å². The SMILES string of the molecule is OC1(c2cc3cc(F)ccc3o2)CCC1. The van der Waals surface area contributed by atoms with Gasteiger partial charge in [0.15, 0.2) is 0 Å². The predicted octanol–water partition coefficient (Wildman–Crippen LogP) is 2.94. The predicted molar refractivity (Wildman–Crippen MR) is 53.9 cm³/mol. The summed E-state index contributed by atoms with van der Waals surface area (Å²) in [7, 11) is 0. The third kappa shape index (κ3) is 1.27. The van der Waals surface area contributed by atoms with E-state index >= 15 is 0 Å². The molecule has 0 amide bonds. The van der Waals surface area contributed by atoms with Crippen molar-refractivity contribution in [1.82, 2.24) is 0 Å². The van der Waals surface area contributed by atoms with Gasteiger partial charge in [0.05, 0.1) is 0 Å². The Morgan fingerprint density at radius 1 is 1.27 bits per heavy atom. The van der Waals surface area contributed by atoms with E-state index in [4.69, 9.17) is 4.42 Å². The van der Waals surface area contributed by atoms with Crippen LogP contribution in [0.2, 0.25) is 0 Å². The van der Waals surface area contributed by atoms with Gasteiger partial charge in [-0.15, -0.1) is 0 Å². The molecule has 3 rings (SSSR count). The van der Waals surface area contributed by atoms with E-state index in [1.165, 1.54) is 12.1 Å². The van der Waals surface area contributed by atoms with Crippen molar-refractivity contribution in [1.29, 1.82) is 0 Å². The van der Waals surface area contributed by atoms with Crippen LogP contribution in [0.25, 0.3) is 11.0 Å². The Labute approximate surface area is 86.3 Å². The normalized spacial score (nSPS) is 19.1. The first kappa shape index (κ1) is 8.92. The second-order valence-corrected chi connectivity index (χ2v) is 4.18. The highest BCUT2D eigenvalue weighted by Crippen LogP contribution is 2.42. The van der Waals surface area contributed by atoms with Gasteiger partial charge in [0, 0.05) is 5.39 Å². The number of fused-ring (bicyclic) bond motifs is 1. The molecule has 1 fully saturated rings. The molecule has 1 saturated carbocycles. The van der Waals surface area contributed by atoms with E-state index < -0.39 is 5.60 Å². The van der Waals surface area contributed by atoms with Crippen LogP contribution in [0.4, 0.5) is 4.39 Å². The number of furan rings is 1. The van der Waals surface area contributed by atoms with Gasteiger partial charge in [0.2, 0.25) is 0 Å². The molecule has 0 atom stereocenters. The molecule has 0 spiro atoms. The molecule has 0 radical (unpaired) electrons. The van der Waals surface area contributed by atoms with Crippen molar-refractivity contribution in [2.45, 2.75) is 24.9 Å². The van der Waals surface area contributed by atoms with Crippen LogP contribution in [0, 0.1) is 5.82 Å². The summed E-state index contributed by atoms with van der Waals surface area (Å²) in [6, 6.07) is 6.11. The highest BCUT2D eigenvalue weighted by atomic mass is 19.1. The highest BCUT2D eigenvalue weighted by molar-refractivity contribution is 5.78. The van der Waals surface area contributed by atoms with Gasteiger partial charge >= 0.3 is 0 Å². The molecular formula is C12H11FO2. The zero-order valence-corrected chi connectivity index (χ0v) is 8.16. The van der Waals surface area contributed by atoms with E-state index in [1.807, 2.05) is 0 Å². The summed E-state index contributed by atoms with van der Waals surface area (Å²) < 4.78 is 18.4. The Bertz CT molecular complexity index is 511. The molecule has 2 aromatic rings. The van der Waals surface area contributed by atoms with E-state index in [0.29, 0.717) is 16.7 Å². The van der Waals surface area contributed by atoms with Crippen LogP contribution in [0.3, 0.4) is 0 Å². The van der Waals surface area contributed by atoms with Crippen LogP contribution >= 0.6 is 0 Å². The second-order valence-electron chi connectivity index (χ2n) is 4.18. The largest absolute Gasteiger partial charge is 0.458 e. The van der Waals surface area contributed by atoms with E-state index in [2.05, 4.69) is 0 Å². The molecule has 1 heterocycles. The number of hydrogen-bond acceptors (Lipinski definition) is 2. The maximum absolute atomic E-state index is 12.9. The summed E-state index contributed by atoms with van der Waals surface area (Å²) in [5.74, 6) is 0.282. The average molecular weight is 206 g/mol. The number of benzene rings is 1. The highest BCUT2D eigenvalue weighted by Gasteiger charge is 2.39. The molecule has 1 N–H and O–H groups in total. The van der Waals surface area contributed by atoms with Crippen LogP contribution in [0.1, 0.15) is 25.0 Å². The molecule has 1 aromatic carbocycles. The van der Waals surface area contributed by atoms with Gasteiger partial charge < -0.3 is 9.52 Å². The maximum atomic E-state index is 12.9. The molecular weight excluding hydrogens is 195 g/mol. The first-order chi connectivity index (χ1) is 7.17. The molecule has 0 unspecified atom stereocenters. The third-order valence-corrected chi connectivity index (χ3v) is 3.12. The van der Waals surface area contributed by atoms with E-state index in [1.54, 1.807) is 12.1 Å². The fraction of sp³-hybridized carbons (Fsp3) is 0.333. The summed E-state index contributed by atoms with van der Waals surface area (Å²) in [4.78, 5) is 0. The quantitative estimate of drug-likeness (QED) is 0.778. The maximum Gasteiger partial charge on any atom is 0.136 e. The lowest BCUT2D eigenvalue weighted by molar-refractivity contribution is -0.0555. The van der Waals surface area contributed by atoms with Crippen molar-refractivity contribution in [3.8, 4) is 0 Å². The van der Waals surface area contributed by atoms with Crippen LogP contribution in [0.15, 0.2) is 28.7 Å². The molecule has 2 nitrogen and oxygen atoms in total. The minimum atomic E-state index is -0.810. The monoisotopic (exact) mass is 206 g/mol. The van der Waals surface area contributed by atoms with Gasteiger partial charge in [-0.25, -0.2) is 4.39 Å². The molecule has 1 aromatic heterocycles. The van der Waals surface area contributed by atoms with E-state index in [9.17, 15) is 9.50 Å². The Hall–Kier alpha value is -1.35. The van der Waals surface area contributed by atoms with Crippen molar-refractivity contribution in [3.63, 3.8) is 0 Å². The fourth-order valence-corrected chi connectivity index (χ4v) is 2.00. The van der Waals surface area contributed by atoms with Gasteiger partial charge in [-0.3, -0.25) is 0 Å². The molecule has 15 heavy (non-hydrogen) atoms. The molecule has 1 aliphatic carbocycles. The number of hydrogen-bond donors (Lipinski definition) is 1. The van der Waals surface area contributed by atoms with Crippen LogP contribution in [-0.2, 0) is 5.60 Å². The van der Waals surface area contributed by atoms with Crippen molar-refractivity contribution >= 4 is 11.0 Å². The topological polar surface area (TPSA) is 33.4 Å². The lowest BCUT2D eigenvalue weighted by atomic mass is 9.78. The van der Waals surface area contributed by atoms with E-state index in [0.717, 1.165) is 19.3 Å². The number of halogens is 1. The first-order valence-corrected chi connectivity index (χ1v) is 5.09. The van der Waals surface area contributed by atoms with E-state index in [-0.39, 0.29) is 5.82 Å². The Morgan fingerprint density at radius 3 is 2.73 bits per heavy atom. The van der Waals surface area contributed by atoms with Crippen molar-refractivity contribution in [2.24, 2.45) is 0 Å². The van der Waals surface area contributed by atoms with Crippen LogP contribution < -0.4 is 0 Å². The molecule has 1 aliphatic rings. The smallest absolute Gasteiger partial charge is 0.136 e. The average Bonchev–Trinajstić information content (AvgIpc) is 2.57. The fourth-order valence-electron chi connectivity index (χ4n) is 2.00. The minimum absolute atomic E-state index is 0.282. The summed E-state index contributed by atoms with van der Waals surface area (Å²) in [5, 5.41) is 10.8. The number of aliphatic hydroxyl groups is 1.